The maximum absolute atomic E-state index is 11.0. The Labute approximate surface area is 119 Å². The summed E-state index contributed by atoms with van der Waals surface area (Å²) in [5, 5.41) is 9.05. The van der Waals surface area contributed by atoms with E-state index in [0.717, 1.165) is 50.9 Å². The van der Waals surface area contributed by atoms with E-state index < -0.39 is 5.97 Å². The Morgan fingerprint density at radius 2 is 2.35 bits per heavy atom. The first-order chi connectivity index (χ1) is 9.70. The van der Waals surface area contributed by atoms with Gasteiger partial charge in [-0.15, -0.1) is 0 Å². The van der Waals surface area contributed by atoms with Gasteiger partial charge in [0.2, 0.25) is 5.76 Å². The van der Waals surface area contributed by atoms with Crippen LogP contribution in [-0.4, -0.2) is 41.8 Å². The van der Waals surface area contributed by atoms with Crippen LogP contribution in [0.1, 0.15) is 48.7 Å². The van der Waals surface area contributed by atoms with Crippen LogP contribution in [0.3, 0.4) is 0 Å². The second-order valence-corrected chi connectivity index (χ2v) is 5.28. The highest BCUT2D eigenvalue weighted by atomic mass is 16.5. The first kappa shape index (κ1) is 15.1. The van der Waals surface area contributed by atoms with Crippen molar-refractivity contribution >= 4 is 5.97 Å². The fraction of sp³-hybridized carbons (Fsp3) is 0.667. The zero-order valence-electron chi connectivity index (χ0n) is 12.0. The van der Waals surface area contributed by atoms with E-state index in [9.17, 15) is 4.79 Å². The molecular formula is C15H23NO4. The van der Waals surface area contributed by atoms with Gasteiger partial charge in [-0.3, -0.25) is 4.90 Å². The normalized spacial score (nSPS) is 20.8. The first-order valence-corrected chi connectivity index (χ1v) is 7.34. The molecule has 1 aliphatic heterocycles. The summed E-state index contributed by atoms with van der Waals surface area (Å²) in [6.45, 7) is 5.51. The van der Waals surface area contributed by atoms with Gasteiger partial charge in [0, 0.05) is 25.3 Å². The summed E-state index contributed by atoms with van der Waals surface area (Å²) in [5.41, 5.74) is 0.755. The topological polar surface area (TPSA) is 62.9 Å². The van der Waals surface area contributed by atoms with Crippen molar-refractivity contribution in [1.82, 2.24) is 4.90 Å². The highest BCUT2D eigenvalue weighted by Crippen LogP contribution is 2.19. The predicted octanol–water partition coefficient (Wildman–Crippen LogP) is 2.76. The molecule has 0 aliphatic carbocycles. The van der Waals surface area contributed by atoms with Crippen LogP contribution >= 0.6 is 0 Å². The number of rotatable bonds is 6. The Kier molecular flexibility index (Phi) is 5.61. The molecule has 1 N–H and O–H groups in total. The molecule has 0 bridgehead atoms. The van der Waals surface area contributed by atoms with Crippen molar-refractivity contribution in [3.8, 4) is 0 Å². The van der Waals surface area contributed by atoms with Gasteiger partial charge in [-0.05, 0) is 38.3 Å². The van der Waals surface area contributed by atoms with Gasteiger partial charge >= 0.3 is 5.97 Å². The minimum absolute atomic E-state index is 0.0630. The quantitative estimate of drug-likeness (QED) is 0.868. The van der Waals surface area contributed by atoms with Crippen molar-refractivity contribution < 1.29 is 19.1 Å². The average Bonchev–Trinajstić information content (AvgIpc) is 2.77. The standard InChI is InChI=1S/C15H23NO4/c1-2-9-19-13-4-3-7-16(8-5-13)11-12-6-10-20-14(12)15(17)18/h6,10,13H,2-5,7-9,11H2,1H3,(H,17,18). The van der Waals surface area contributed by atoms with Gasteiger partial charge in [-0.2, -0.15) is 0 Å². The fourth-order valence-electron chi connectivity index (χ4n) is 2.62. The predicted molar refractivity (Wildman–Crippen MR) is 74.8 cm³/mol. The second kappa shape index (κ2) is 7.45. The number of aromatic carboxylic acids is 1. The molecule has 5 heteroatoms. The Bertz CT molecular complexity index is 429. The molecule has 0 radical (unpaired) electrons. The molecule has 5 nitrogen and oxygen atoms in total. The van der Waals surface area contributed by atoms with Crippen molar-refractivity contribution in [2.75, 3.05) is 19.7 Å². The van der Waals surface area contributed by atoms with Crippen LogP contribution in [-0.2, 0) is 11.3 Å². The molecule has 1 aromatic heterocycles. The van der Waals surface area contributed by atoms with E-state index in [1.54, 1.807) is 6.07 Å². The molecule has 1 aromatic rings. The van der Waals surface area contributed by atoms with E-state index in [1.807, 2.05) is 0 Å². The molecule has 0 saturated carbocycles. The van der Waals surface area contributed by atoms with Crippen LogP contribution in [0.2, 0.25) is 0 Å². The molecule has 1 aliphatic rings. The smallest absolute Gasteiger partial charge is 0.372 e. The minimum Gasteiger partial charge on any atom is -0.475 e. The van der Waals surface area contributed by atoms with E-state index in [4.69, 9.17) is 14.3 Å². The minimum atomic E-state index is -0.996. The van der Waals surface area contributed by atoms with Crippen LogP contribution in [0, 0.1) is 0 Å². The van der Waals surface area contributed by atoms with Gasteiger partial charge in [0.1, 0.15) is 0 Å². The lowest BCUT2D eigenvalue weighted by atomic mass is 10.1. The Morgan fingerprint density at radius 1 is 1.50 bits per heavy atom. The first-order valence-electron chi connectivity index (χ1n) is 7.34. The largest absolute Gasteiger partial charge is 0.475 e. The zero-order chi connectivity index (χ0) is 14.4. The number of hydrogen-bond donors (Lipinski definition) is 1. The van der Waals surface area contributed by atoms with Crippen molar-refractivity contribution in [3.63, 3.8) is 0 Å². The molecule has 0 aromatic carbocycles. The number of carboxylic acid groups (broad SMARTS) is 1. The van der Waals surface area contributed by atoms with Crippen molar-refractivity contribution in [2.45, 2.75) is 45.3 Å². The molecule has 1 unspecified atom stereocenters. The number of furan rings is 1. The lowest BCUT2D eigenvalue weighted by Crippen LogP contribution is -2.25. The monoisotopic (exact) mass is 281 g/mol. The Morgan fingerprint density at radius 3 is 3.10 bits per heavy atom. The Hall–Kier alpha value is -1.33. The van der Waals surface area contributed by atoms with Gasteiger partial charge in [-0.25, -0.2) is 4.79 Å². The number of carbonyl (C=O) groups is 1. The van der Waals surface area contributed by atoms with Gasteiger partial charge < -0.3 is 14.3 Å². The molecule has 1 saturated heterocycles. The molecular weight excluding hydrogens is 258 g/mol. The summed E-state index contributed by atoms with van der Waals surface area (Å²) in [7, 11) is 0. The maximum atomic E-state index is 11.0. The van der Waals surface area contributed by atoms with Crippen LogP contribution in [0.5, 0.6) is 0 Å². The van der Waals surface area contributed by atoms with E-state index in [2.05, 4.69) is 11.8 Å². The molecule has 0 spiro atoms. The third-order valence-electron chi connectivity index (χ3n) is 3.66. The fourth-order valence-corrected chi connectivity index (χ4v) is 2.62. The molecule has 112 valence electrons. The van der Waals surface area contributed by atoms with Crippen molar-refractivity contribution in [1.29, 1.82) is 0 Å². The average molecular weight is 281 g/mol. The van der Waals surface area contributed by atoms with E-state index >= 15 is 0 Å². The van der Waals surface area contributed by atoms with Gasteiger partial charge in [0.15, 0.2) is 0 Å². The van der Waals surface area contributed by atoms with Crippen LogP contribution in [0.25, 0.3) is 0 Å². The molecule has 1 atom stereocenters. The van der Waals surface area contributed by atoms with Gasteiger partial charge in [-0.1, -0.05) is 6.92 Å². The molecule has 20 heavy (non-hydrogen) atoms. The van der Waals surface area contributed by atoms with Crippen molar-refractivity contribution in [2.24, 2.45) is 0 Å². The number of nitrogens with zero attached hydrogens (tertiary/aromatic N) is 1. The van der Waals surface area contributed by atoms with Gasteiger partial charge in [0.25, 0.3) is 0 Å². The molecule has 2 rings (SSSR count). The number of hydrogen-bond acceptors (Lipinski definition) is 4. The third-order valence-corrected chi connectivity index (χ3v) is 3.66. The van der Waals surface area contributed by atoms with E-state index in [1.165, 1.54) is 6.26 Å². The highest BCUT2D eigenvalue weighted by Gasteiger charge is 2.20. The van der Waals surface area contributed by atoms with Crippen molar-refractivity contribution in [3.05, 3.63) is 23.7 Å². The number of likely N-dealkylation sites (tertiary alicyclic amines) is 1. The van der Waals surface area contributed by atoms with E-state index in [0.29, 0.717) is 12.6 Å². The SMILES string of the molecule is CCCOC1CCCN(Cc2ccoc2C(=O)O)CC1. The zero-order valence-corrected chi connectivity index (χ0v) is 12.0. The van der Waals surface area contributed by atoms with E-state index in [-0.39, 0.29) is 5.76 Å². The van der Waals surface area contributed by atoms with Crippen LogP contribution < -0.4 is 0 Å². The molecule has 1 fully saturated rings. The lowest BCUT2D eigenvalue weighted by molar-refractivity contribution is 0.0436. The third kappa shape index (κ3) is 4.08. The molecule has 2 heterocycles. The summed E-state index contributed by atoms with van der Waals surface area (Å²) in [5.74, 6) is -0.933. The maximum Gasteiger partial charge on any atom is 0.372 e. The molecule has 0 amide bonds. The lowest BCUT2D eigenvalue weighted by Gasteiger charge is -2.19. The number of carboxylic acids is 1. The summed E-state index contributed by atoms with van der Waals surface area (Å²) in [4.78, 5) is 13.3. The summed E-state index contributed by atoms with van der Waals surface area (Å²) >= 11 is 0. The summed E-state index contributed by atoms with van der Waals surface area (Å²) in [6.07, 6.45) is 6.05. The summed E-state index contributed by atoms with van der Waals surface area (Å²) in [6, 6.07) is 1.75. The number of ether oxygens (including phenoxy) is 1. The van der Waals surface area contributed by atoms with Gasteiger partial charge in [0.05, 0.1) is 12.4 Å². The summed E-state index contributed by atoms with van der Waals surface area (Å²) < 4.78 is 10.8. The Balaban J connectivity index is 1.87. The second-order valence-electron chi connectivity index (χ2n) is 5.28. The highest BCUT2D eigenvalue weighted by molar-refractivity contribution is 5.86. The van der Waals surface area contributed by atoms with Crippen LogP contribution in [0.15, 0.2) is 16.7 Å². The van der Waals surface area contributed by atoms with Crippen LogP contribution in [0.4, 0.5) is 0 Å².